The van der Waals surface area contributed by atoms with Crippen LogP contribution in [-0.4, -0.2) is 75.6 Å². The van der Waals surface area contributed by atoms with Crippen LogP contribution in [0.4, 0.5) is 4.79 Å². The lowest BCUT2D eigenvalue weighted by atomic mass is 9.91. The number of allylic oxidation sites excluding steroid dienone is 2. The minimum atomic E-state index is -0.935. The summed E-state index contributed by atoms with van der Waals surface area (Å²) in [6.45, 7) is 7.37. The van der Waals surface area contributed by atoms with Gasteiger partial charge in [-0.15, -0.1) is 0 Å². The molecular formula is C34H44N4O7. The molecular weight excluding hydrogens is 576 g/mol. The molecule has 1 aromatic heterocycles. The molecule has 0 spiro atoms. The van der Waals surface area contributed by atoms with Gasteiger partial charge >= 0.3 is 12.1 Å². The van der Waals surface area contributed by atoms with Crippen molar-refractivity contribution in [2.45, 2.75) is 103 Å². The monoisotopic (exact) mass is 620 g/mol. The zero-order valence-corrected chi connectivity index (χ0v) is 26.6. The Balaban J connectivity index is 1.43. The molecule has 1 aliphatic carbocycles. The van der Waals surface area contributed by atoms with Crippen LogP contribution in [0.25, 0.3) is 11.0 Å². The highest BCUT2D eigenvalue weighted by molar-refractivity contribution is 5.96. The maximum absolute atomic E-state index is 14.2. The van der Waals surface area contributed by atoms with E-state index >= 15 is 0 Å². The molecule has 0 bridgehead atoms. The van der Waals surface area contributed by atoms with Gasteiger partial charge in [-0.25, -0.2) is 14.8 Å². The molecule has 5 atom stereocenters. The van der Waals surface area contributed by atoms with E-state index in [4.69, 9.17) is 14.2 Å². The average Bonchev–Trinajstić information content (AvgIpc) is 3.51. The number of nitrogens with one attached hydrogen (secondary N) is 1. The fraction of sp³-hybridized carbons (Fsp3) is 0.588. The second-order valence-corrected chi connectivity index (χ2v) is 13.3. The van der Waals surface area contributed by atoms with Crippen LogP contribution in [-0.2, 0) is 23.9 Å². The number of nitrogens with zero attached hydrogens (tertiary/aromatic N) is 3. The van der Waals surface area contributed by atoms with Crippen molar-refractivity contribution in [3.63, 3.8) is 0 Å². The molecule has 3 heterocycles. The number of carbonyl (C=O) groups is 4. The summed E-state index contributed by atoms with van der Waals surface area (Å²) in [5, 5.41) is 2.77. The van der Waals surface area contributed by atoms with Gasteiger partial charge < -0.3 is 24.4 Å². The van der Waals surface area contributed by atoms with E-state index in [9.17, 15) is 19.2 Å². The van der Waals surface area contributed by atoms with E-state index < -0.39 is 35.3 Å². The number of esters is 1. The van der Waals surface area contributed by atoms with Crippen LogP contribution in [0.3, 0.4) is 0 Å². The van der Waals surface area contributed by atoms with Crippen molar-refractivity contribution in [3.8, 4) is 5.88 Å². The van der Waals surface area contributed by atoms with Crippen LogP contribution in [0.2, 0.25) is 0 Å². The molecule has 5 rings (SSSR count). The first-order valence-corrected chi connectivity index (χ1v) is 16.0. The third-order valence-electron chi connectivity index (χ3n) is 8.66. The Morgan fingerprint density at radius 1 is 1.11 bits per heavy atom. The van der Waals surface area contributed by atoms with E-state index in [1.807, 2.05) is 30.3 Å². The maximum Gasteiger partial charge on any atom is 0.408 e. The summed E-state index contributed by atoms with van der Waals surface area (Å²) in [6, 6.07) is 5.70. The minimum absolute atomic E-state index is 0.0397. The first-order chi connectivity index (χ1) is 21.5. The molecule has 11 nitrogen and oxygen atoms in total. The van der Waals surface area contributed by atoms with Gasteiger partial charge in [0.1, 0.15) is 17.7 Å². The van der Waals surface area contributed by atoms with Crippen LogP contribution in [0.1, 0.15) is 79.1 Å². The second kappa shape index (κ2) is 13.5. The van der Waals surface area contributed by atoms with E-state index in [2.05, 4.69) is 21.4 Å². The van der Waals surface area contributed by atoms with Crippen LogP contribution in [0.15, 0.2) is 42.6 Å². The molecule has 11 heteroatoms. The van der Waals surface area contributed by atoms with Gasteiger partial charge in [-0.2, -0.15) is 0 Å². The lowest BCUT2D eigenvalue weighted by molar-refractivity contribution is -0.152. The predicted molar refractivity (Wildman–Crippen MR) is 166 cm³/mol. The Labute approximate surface area is 264 Å². The SMILES string of the molecule is CCOC(=O)[C@]12CC(=O)[C@@H]3CC(Oc4cnc5ccccc5n4)CN3C(=O)[C@@H](NC(=O)OC(C)(C)C)CCCCC/C=C\[C@@H]1C2. The molecule has 1 unspecified atom stereocenters. The number of fused-ring (bicyclic) bond motifs is 3. The molecule has 1 saturated carbocycles. The molecule has 45 heavy (non-hydrogen) atoms. The van der Waals surface area contributed by atoms with Gasteiger partial charge in [-0.3, -0.25) is 14.4 Å². The number of benzene rings is 1. The molecule has 0 radical (unpaired) electrons. The lowest BCUT2D eigenvalue weighted by Crippen LogP contribution is -2.52. The Morgan fingerprint density at radius 3 is 2.64 bits per heavy atom. The van der Waals surface area contributed by atoms with Crippen LogP contribution in [0, 0.1) is 11.3 Å². The van der Waals surface area contributed by atoms with E-state index in [0.29, 0.717) is 30.7 Å². The highest BCUT2D eigenvalue weighted by Gasteiger charge is 2.61. The van der Waals surface area contributed by atoms with E-state index in [0.717, 1.165) is 24.8 Å². The van der Waals surface area contributed by atoms with Gasteiger partial charge in [0.05, 0.1) is 41.8 Å². The number of ether oxygens (including phenoxy) is 3. The first-order valence-electron chi connectivity index (χ1n) is 16.0. The molecule has 3 aliphatic rings. The number of rotatable bonds is 5. The Kier molecular flexibility index (Phi) is 9.74. The third kappa shape index (κ3) is 7.80. The Morgan fingerprint density at radius 2 is 1.89 bits per heavy atom. The molecule has 242 valence electrons. The third-order valence-corrected chi connectivity index (χ3v) is 8.66. The van der Waals surface area contributed by atoms with Crippen LogP contribution < -0.4 is 10.1 Å². The minimum Gasteiger partial charge on any atom is -0.471 e. The Bertz CT molecular complexity index is 1450. The summed E-state index contributed by atoms with van der Waals surface area (Å²) in [6.07, 6.45) is 8.81. The molecule has 1 saturated heterocycles. The summed E-state index contributed by atoms with van der Waals surface area (Å²) in [5.41, 5.74) is -0.286. The van der Waals surface area contributed by atoms with Gasteiger partial charge in [0.25, 0.3) is 0 Å². The van der Waals surface area contributed by atoms with Gasteiger partial charge in [-0.05, 0) is 71.4 Å². The van der Waals surface area contributed by atoms with Gasteiger partial charge in [0, 0.05) is 12.8 Å². The first kappa shape index (κ1) is 32.4. The molecule has 1 aromatic carbocycles. The summed E-state index contributed by atoms with van der Waals surface area (Å²) < 4.78 is 17.1. The van der Waals surface area contributed by atoms with Gasteiger partial charge in [0.2, 0.25) is 11.8 Å². The fourth-order valence-electron chi connectivity index (χ4n) is 6.35. The van der Waals surface area contributed by atoms with Crippen molar-refractivity contribution < 1.29 is 33.4 Å². The Hall–Kier alpha value is -4.02. The number of para-hydroxylation sites is 2. The second-order valence-electron chi connectivity index (χ2n) is 13.3. The molecule has 2 fully saturated rings. The smallest absolute Gasteiger partial charge is 0.408 e. The number of Topliss-reactive ketones (excluding diaryl/α,β-unsaturated/α-hetero) is 1. The number of amides is 2. The highest BCUT2D eigenvalue weighted by atomic mass is 16.6. The number of ketones is 1. The van der Waals surface area contributed by atoms with Crippen molar-refractivity contribution >= 4 is 34.8 Å². The topological polar surface area (TPSA) is 137 Å². The lowest BCUT2D eigenvalue weighted by Gasteiger charge is -2.30. The average molecular weight is 621 g/mol. The van der Waals surface area contributed by atoms with E-state index in [1.165, 1.54) is 11.1 Å². The van der Waals surface area contributed by atoms with E-state index in [-0.39, 0.29) is 49.6 Å². The summed E-state index contributed by atoms with van der Waals surface area (Å²) in [7, 11) is 0. The standard InChI is InChI=1S/C34H44N4O7/c1-5-43-31(41)34-18-22(34)13-9-7-6-8-10-16-26(37-32(42)45-33(2,3)4)30(40)38-21-23(17-27(38)28(39)19-34)44-29-20-35-24-14-11-12-15-25(24)36-29/h9,11-15,20,22-23,26-27H,5-8,10,16-19,21H2,1-4H3,(H,37,42)/b13-9-/t22-,23?,26+,27+,34-/m1/s1. The highest BCUT2D eigenvalue weighted by Crippen LogP contribution is 2.57. The molecule has 2 aromatic rings. The largest absolute Gasteiger partial charge is 0.471 e. The molecule has 2 aliphatic heterocycles. The molecule has 2 amide bonds. The van der Waals surface area contributed by atoms with Gasteiger partial charge in [-0.1, -0.05) is 37.1 Å². The predicted octanol–water partition coefficient (Wildman–Crippen LogP) is 4.92. The van der Waals surface area contributed by atoms with Crippen molar-refractivity contribution in [2.24, 2.45) is 11.3 Å². The summed E-state index contributed by atoms with van der Waals surface area (Å²) in [5.74, 6) is -0.774. The van der Waals surface area contributed by atoms with Crippen molar-refractivity contribution in [1.82, 2.24) is 20.2 Å². The number of carbonyl (C=O) groups excluding carboxylic acids is 4. The van der Waals surface area contributed by atoms with E-state index in [1.54, 1.807) is 27.7 Å². The zero-order chi connectivity index (χ0) is 32.2. The van der Waals surface area contributed by atoms with Crippen molar-refractivity contribution in [3.05, 3.63) is 42.6 Å². The van der Waals surface area contributed by atoms with Crippen LogP contribution in [0.5, 0.6) is 5.88 Å². The molecule has 1 N–H and O–H groups in total. The van der Waals surface area contributed by atoms with Crippen molar-refractivity contribution in [2.75, 3.05) is 13.2 Å². The number of hydrogen-bond donors (Lipinski definition) is 1. The number of hydrogen-bond acceptors (Lipinski definition) is 9. The number of alkyl carbamates (subject to hydrolysis) is 1. The quantitative estimate of drug-likeness (QED) is 0.365. The summed E-state index contributed by atoms with van der Waals surface area (Å²) >= 11 is 0. The van der Waals surface area contributed by atoms with Crippen LogP contribution >= 0.6 is 0 Å². The normalized spacial score (nSPS) is 28.2. The number of aromatic nitrogens is 2. The zero-order valence-electron chi connectivity index (χ0n) is 26.6. The van der Waals surface area contributed by atoms with Gasteiger partial charge in [0.15, 0.2) is 5.78 Å². The fourth-order valence-corrected chi connectivity index (χ4v) is 6.35. The maximum atomic E-state index is 14.2. The summed E-state index contributed by atoms with van der Waals surface area (Å²) in [4.78, 5) is 64.8. The van der Waals surface area contributed by atoms with Crippen molar-refractivity contribution in [1.29, 1.82) is 0 Å².